The molecule has 1 heterocycles. The topological polar surface area (TPSA) is 39.1 Å². The predicted octanol–water partition coefficient (Wildman–Crippen LogP) is 1.42. The van der Waals surface area contributed by atoms with Crippen LogP contribution in [0.4, 0.5) is 0 Å². The summed E-state index contributed by atoms with van der Waals surface area (Å²) >= 11 is 0. The summed E-state index contributed by atoms with van der Waals surface area (Å²) in [6.07, 6.45) is 4.55. The minimum atomic E-state index is 0.505. The van der Waals surface area contributed by atoms with Crippen molar-refractivity contribution in [1.29, 1.82) is 0 Å². The van der Waals surface area contributed by atoms with E-state index in [1.807, 2.05) is 10.9 Å². The lowest BCUT2D eigenvalue weighted by Crippen LogP contribution is -2.35. The third kappa shape index (κ3) is 2.83. The zero-order valence-electron chi connectivity index (χ0n) is 10.1. The maximum absolute atomic E-state index is 5.25. The van der Waals surface area contributed by atoms with Crippen molar-refractivity contribution in [2.75, 3.05) is 13.7 Å². The summed E-state index contributed by atoms with van der Waals surface area (Å²) in [6.45, 7) is 4.75. The van der Waals surface area contributed by atoms with E-state index in [9.17, 15) is 0 Å². The normalized spacial score (nSPS) is 17.6. The number of methoxy groups -OCH3 is 1. The Morgan fingerprint density at radius 2 is 2.44 bits per heavy atom. The van der Waals surface area contributed by atoms with Gasteiger partial charge >= 0.3 is 0 Å². The van der Waals surface area contributed by atoms with Gasteiger partial charge in [-0.2, -0.15) is 5.10 Å². The van der Waals surface area contributed by atoms with Gasteiger partial charge in [-0.25, -0.2) is 0 Å². The molecule has 1 N–H and O–H groups in total. The van der Waals surface area contributed by atoms with Crippen molar-refractivity contribution in [1.82, 2.24) is 15.1 Å². The van der Waals surface area contributed by atoms with Gasteiger partial charge in [0.25, 0.3) is 0 Å². The molecule has 1 aliphatic rings. The fourth-order valence-electron chi connectivity index (χ4n) is 2.07. The third-order valence-corrected chi connectivity index (χ3v) is 3.19. The summed E-state index contributed by atoms with van der Waals surface area (Å²) in [5, 5.41) is 7.84. The van der Waals surface area contributed by atoms with Crippen LogP contribution in [0.1, 0.15) is 25.5 Å². The van der Waals surface area contributed by atoms with Crippen molar-refractivity contribution in [3.63, 3.8) is 0 Å². The molecule has 4 heteroatoms. The second-order valence-electron chi connectivity index (χ2n) is 4.42. The number of aryl methyl sites for hydroxylation is 1. The number of nitrogens with one attached hydrogen (secondary N) is 1. The summed E-state index contributed by atoms with van der Waals surface area (Å²) < 4.78 is 7.28. The van der Waals surface area contributed by atoms with E-state index in [0.29, 0.717) is 6.04 Å². The van der Waals surface area contributed by atoms with Gasteiger partial charge in [0.2, 0.25) is 0 Å². The summed E-state index contributed by atoms with van der Waals surface area (Å²) in [4.78, 5) is 0. The number of hydrogen-bond donors (Lipinski definition) is 1. The van der Waals surface area contributed by atoms with Crippen LogP contribution in [0.3, 0.4) is 0 Å². The second-order valence-corrected chi connectivity index (χ2v) is 4.42. The molecule has 4 nitrogen and oxygen atoms in total. The maximum atomic E-state index is 5.25. The highest BCUT2D eigenvalue weighted by Gasteiger charge is 2.30. The van der Waals surface area contributed by atoms with Crippen molar-refractivity contribution >= 4 is 0 Å². The van der Waals surface area contributed by atoms with Crippen molar-refractivity contribution in [3.05, 3.63) is 18.0 Å². The highest BCUT2D eigenvalue weighted by Crippen LogP contribution is 2.32. The second kappa shape index (κ2) is 5.46. The molecule has 16 heavy (non-hydrogen) atoms. The van der Waals surface area contributed by atoms with Crippen molar-refractivity contribution in [3.8, 4) is 0 Å². The molecule has 0 aromatic carbocycles. The van der Waals surface area contributed by atoms with Gasteiger partial charge in [-0.1, -0.05) is 0 Å². The Labute approximate surface area is 97.0 Å². The molecule has 1 aliphatic carbocycles. The summed E-state index contributed by atoms with van der Waals surface area (Å²) in [5.74, 6) is 0.818. The summed E-state index contributed by atoms with van der Waals surface area (Å²) in [5.41, 5.74) is 1.25. The number of nitrogens with zero attached hydrogens (tertiary/aromatic N) is 2. The Kier molecular flexibility index (Phi) is 3.96. The van der Waals surface area contributed by atoms with Crippen LogP contribution in [0.2, 0.25) is 0 Å². The van der Waals surface area contributed by atoms with Crippen molar-refractivity contribution in [2.45, 2.75) is 38.9 Å². The van der Waals surface area contributed by atoms with Gasteiger partial charge in [0.05, 0.1) is 12.3 Å². The van der Waals surface area contributed by atoms with E-state index in [1.54, 1.807) is 7.11 Å². The fraction of sp³-hybridized carbons (Fsp3) is 0.750. The van der Waals surface area contributed by atoms with E-state index in [2.05, 4.69) is 23.4 Å². The minimum Gasteiger partial charge on any atom is -0.383 e. The molecule has 90 valence electrons. The molecule has 0 aliphatic heterocycles. The highest BCUT2D eigenvalue weighted by atomic mass is 16.5. The van der Waals surface area contributed by atoms with Crippen LogP contribution in [0.15, 0.2) is 12.3 Å². The van der Waals surface area contributed by atoms with Crippen LogP contribution in [-0.2, 0) is 17.8 Å². The van der Waals surface area contributed by atoms with Gasteiger partial charge in [0.1, 0.15) is 0 Å². The molecule has 0 bridgehead atoms. The third-order valence-electron chi connectivity index (χ3n) is 3.19. The summed E-state index contributed by atoms with van der Waals surface area (Å²) in [6, 6.07) is 2.58. The zero-order chi connectivity index (χ0) is 11.4. The van der Waals surface area contributed by atoms with Crippen LogP contribution >= 0.6 is 0 Å². The van der Waals surface area contributed by atoms with E-state index in [0.717, 1.165) is 25.6 Å². The SMILES string of the molecule is CCn1nccc1CNC(COC)C1CC1. The molecular weight excluding hydrogens is 202 g/mol. The molecule has 0 radical (unpaired) electrons. The Balaban J connectivity index is 1.84. The molecule has 1 saturated carbocycles. The standard InChI is InChI=1S/C12H21N3O/c1-3-15-11(6-7-14-15)8-13-12(9-16-2)10-4-5-10/h6-7,10,12-13H,3-5,8-9H2,1-2H3. The monoisotopic (exact) mass is 223 g/mol. The van der Waals surface area contributed by atoms with Gasteiger partial charge in [-0.05, 0) is 31.7 Å². The first-order valence-electron chi connectivity index (χ1n) is 6.08. The Morgan fingerprint density at radius 3 is 3.06 bits per heavy atom. The van der Waals surface area contributed by atoms with Crippen LogP contribution in [0.5, 0.6) is 0 Å². The van der Waals surface area contributed by atoms with Gasteiger partial charge in [0, 0.05) is 32.4 Å². The largest absolute Gasteiger partial charge is 0.383 e. The maximum Gasteiger partial charge on any atom is 0.0618 e. The first-order chi connectivity index (χ1) is 7.85. The molecule has 0 spiro atoms. The molecule has 1 aromatic heterocycles. The number of rotatable bonds is 7. The van der Waals surface area contributed by atoms with Crippen LogP contribution in [0.25, 0.3) is 0 Å². The molecule has 1 atom stereocenters. The van der Waals surface area contributed by atoms with Crippen LogP contribution in [0, 0.1) is 5.92 Å². The van der Waals surface area contributed by atoms with E-state index in [1.165, 1.54) is 18.5 Å². The Morgan fingerprint density at radius 1 is 1.62 bits per heavy atom. The van der Waals surface area contributed by atoms with Gasteiger partial charge in [-0.3, -0.25) is 4.68 Å². The highest BCUT2D eigenvalue weighted by molar-refractivity contribution is 5.01. The van der Waals surface area contributed by atoms with Crippen LogP contribution < -0.4 is 5.32 Å². The average Bonchev–Trinajstić information content (AvgIpc) is 3.03. The molecule has 0 saturated heterocycles. The number of aromatic nitrogens is 2. The van der Waals surface area contributed by atoms with E-state index in [-0.39, 0.29) is 0 Å². The quantitative estimate of drug-likeness (QED) is 0.760. The van der Waals surface area contributed by atoms with Crippen molar-refractivity contribution in [2.24, 2.45) is 5.92 Å². The minimum absolute atomic E-state index is 0.505. The van der Waals surface area contributed by atoms with Gasteiger partial charge in [-0.15, -0.1) is 0 Å². The smallest absolute Gasteiger partial charge is 0.0618 e. The number of hydrogen-bond acceptors (Lipinski definition) is 3. The lowest BCUT2D eigenvalue weighted by molar-refractivity contribution is 0.156. The lowest BCUT2D eigenvalue weighted by atomic mass is 10.2. The van der Waals surface area contributed by atoms with E-state index >= 15 is 0 Å². The summed E-state index contributed by atoms with van der Waals surface area (Å²) in [7, 11) is 1.77. The van der Waals surface area contributed by atoms with Crippen molar-refractivity contribution < 1.29 is 4.74 Å². The van der Waals surface area contributed by atoms with Gasteiger partial charge < -0.3 is 10.1 Å². The average molecular weight is 223 g/mol. The molecule has 1 unspecified atom stereocenters. The predicted molar refractivity (Wildman–Crippen MR) is 63.1 cm³/mol. The van der Waals surface area contributed by atoms with Gasteiger partial charge in [0.15, 0.2) is 0 Å². The van der Waals surface area contributed by atoms with E-state index < -0.39 is 0 Å². The molecule has 2 rings (SSSR count). The first-order valence-corrected chi connectivity index (χ1v) is 6.08. The Bertz CT molecular complexity index is 320. The first kappa shape index (κ1) is 11.6. The molecule has 1 aromatic rings. The molecular formula is C12H21N3O. The number of ether oxygens (including phenoxy) is 1. The van der Waals surface area contributed by atoms with Crippen LogP contribution in [-0.4, -0.2) is 29.5 Å². The Hall–Kier alpha value is -0.870. The molecule has 0 amide bonds. The molecule has 1 fully saturated rings. The zero-order valence-corrected chi connectivity index (χ0v) is 10.1. The van der Waals surface area contributed by atoms with E-state index in [4.69, 9.17) is 4.74 Å². The lowest BCUT2D eigenvalue weighted by Gasteiger charge is -2.17. The fourth-order valence-corrected chi connectivity index (χ4v) is 2.07.